The number of aryl methyl sites for hydroxylation is 1. The molecule has 6 nitrogen and oxygen atoms in total. The van der Waals surface area contributed by atoms with Crippen LogP contribution in [0.3, 0.4) is 0 Å². The molecule has 0 radical (unpaired) electrons. The van der Waals surface area contributed by atoms with E-state index in [1.807, 2.05) is 25.3 Å². The molecule has 3 amide bonds. The molecule has 35 heavy (non-hydrogen) atoms. The number of hydrogen-bond donors (Lipinski definition) is 1. The minimum absolute atomic E-state index is 0.125. The average Bonchev–Trinajstić information content (AvgIpc) is 3.25. The molecule has 1 heterocycles. The maximum atomic E-state index is 13.4. The first-order valence-corrected chi connectivity index (χ1v) is 12.2. The summed E-state index contributed by atoms with van der Waals surface area (Å²) in [6.45, 7) is 8.97. The molecule has 0 unspecified atom stereocenters. The highest BCUT2D eigenvalue weighted by Gasteiger charge is 2.22. The Morgan fingerprint density at radius 2 is 1.77 bits per heavy atom. The summed E-state index contributed by atoms with van der Waals surface area (Å²) in [5.41, 5.74) is 2.50. The van der Waals surface area contributed by atoms with Gasteiger partial charge >= 0.3 is 6.03 Å². The second-order valence-corrected chi connectivity index (χ2v) is 8.96. The second kappa shape index (κ2) is 12.7. The van der Waals surface area contributed by atoms with E-state index in [0.717, 1.165) is 16.0 Å². The van der Waals surface area contributed by atoms with Crippen LogP contribution >= 0.6 is 11.3 Å². The smallest absolute Gasteiger partial charge is 0.322 e. The molecule has 0 saturated heterocycles. The molecule has 3 aromatic rings. The van der Waals surface area contributed by atoms with Gasteiger partial charge in [0.2, 0.25) is 5.91 Å². The normalized spacial score (nSPS) is 10.5. The number of carbonyl (C=O) groups is 2. The van der Waals surface area contributed by atoms with Crippen LogP contribution < -0.4 is 10.1 Å². The third-order valence-electron chi connectivity index (χ3n) is 5.32. The van der Waals surface area contributed by atoms with Crippen molar-refractivity contribution in [3.63, 3.8) is 0 Å². The van der Waals surface area contributed by atoms with Crippen LogP contribution in [0.2, 0.25) is 0 Å². The van der Waals surface area contributed by atoms with Gasteiger partial charge in [-0.1, -0.05) is 18.2 Å². The Hall–Kier alpha value is -3.65. The Balaban J connectivity index is 1.73. The number of ether oxygens (including phenoxy) is 1. The standard InChI is InChI=1S/C27H30FN3O3S/c1-4-15-30(27(33)29-23-10-12-24(13-11-23)34-5-2)19-26(32)31(18-25-20(3)14-16-35-25)17-21-6-8-22(28)9-7-21/h4,6-14,16H,1,5,15,17-19H2,2-3H3,(H,29,33). The number of rotatable bonds is 11. The maximum Gasteiger partial charge on any atom is 0.322 e. The fourth-order valence-corrected chi connectivity index (χ4v) is 4.34. The zero-order valence-corrected chi connectivity index (χ0v) is 20.8. The molecule has 184 valence electrons. The molecule has 2 aromatic carbocycles. The predicted molar refractivity (Wildman–Crippen MR) is 138 cm³/mol. The lowest BCUT2D eigenvalue weighted by molar-refractivity contribution is -0.132. The van der Waals surface area contributed by atoms with Crippen LogP contribution in [0.1, 0.15) is 22.9 Å². The first-order chi connectivity index (χ1) is 16.9. The van der Waals surface area contributed by atoms with Gasteiger partial charge in [0.25, 0.3) is 0 Å². The Labute approximate surface area is 209 Å². The number of thiophene rings is 1. The van der Waals surface area contributed by atoms with E-state index >= 15 is 0 Å². The largest absolute Gasteiger partial charge is 0.494 e. The maximum absolute atomic E-state index is 13.4. The number of halogens is 1. The van der Waals surface area contributed by atoms with Gasteiger partial charge in [-0.25, -0.2) is 9.18 Å². The van der Waals surface area contributed by atoms with Crippen molar-refractivity contribution in [1.29, 1.82) is 0 Å². The van der Waals surface area contributed by atoms with Crippen LogP contribution in [0.25, 0.3) is 0 Å². The van der Waals surface area contributed by atoms with Crippen molar-refractivity contribution in [2.24, 2.45) is 0 Å². The van der Waals surface area contributed by atoms with Gasteiger partial charge in [-0.05, 0) is 72.8 Å². The van der Waals surface area contributed by atoms with Crippen molar-refractivity contribution in [1.82, 2.24) is 9.80 Å². The van der Waals surface area contributed by atoms with Crippen molar-refractivity contribution in [3.05, 3.63) is 94.5 Å². The Morgan fingerprint density at radius 1 is 1.06 bits per heavy atom. The Morgan fingerprint density at radius 3 is 2.37 bits per heavy atom. The number of nitrogens with zero attached hydrogens (tertiary/aromatic N) is 2. The summed E-state index contributed by atoms with van der Waals surface area (Å²) in [6, 6.07) is 14.7. The lowest BCUT2D eigenvalue weighted by Crippen LogP contribution is -2.44. The van der Waals surface area contributed by atoms with Gasteiger partial charge in [-0.2, -0.15) is 0 Å². The third-order valence-corrected chi connectivity index (χ3v) is 6.33. The molecule has 0 aliphatic rings. The predicted octanol–water partition coefficient (Wildman–Crippen LogP) is 5.84. The number of amides is 3. The SMILES string of the molecule is C=CCN(CC(=O)N(Cc1ccc(F)cc1)Cc1sccc1C)C(=O)Nc1ccc(OCC)cc1. The van der Waals surface area contributed by atoms with E-state index in [1.54, 1.807) is 58.7 Å². The zero-order chi connectivity index (χ0) is 25.2. The van der Waals surface area contributed by atoms with Gasteiger partial charge in [-0.15, -0.1) is 17.9 Å². The molecule has 0 saturated carbocycles. The highest BCUT2D eigenvalue weighted by Crippen LogP contribution is 2.20. The summed E-state index contributed by atoms with van der Waals surface area (Å²) in [6.07, 6.45) is 1.58. The monoisotopic (exact) mass is 495 g/mol. The van der Waals surface area contributed by atoms with Gasteiger partial charge in [0, 0.05) is 23.7 Å². The third kappa shape index (κ3) is 7.68. The fraction of sp³-hybridized carbons (Fsp3) is 0.259. The number of carbonyl (C=O) groups excluding carboxylic acids is 2. The minimum atomic E-state index is -0.406. The zero-order valence-electron chi connectivity index (χ0n) is 20.0. The summed E-state index contributed by atoms with van der Waals surface area (Å²) >= 11 is 1.58. The molecule has 3 rings (SSSR count). The quantitative estimate of drug-likeness (QED) is 0.340. The lowest BCUT2D eigenvalue weighted by Gasteiger charge is -2.27. The number of urea groups is 1. The molecule has 0 atom stereocenters. The fourth-order valence-electron chi connectivity index (χ4n) is 3.42. The topological polar surface area (TPSA) is 61.9 Å². The summed E-state index contributed by atoms with van der Waals surface area (Å²) in [5, 5.41) is 4.81. The van der Waals surface area contributed by atoms with E-state index in [2.05, 4.69) is 11.9 Å². The molecule has 0 spiro atoms. The first-order valence-electron chi connectivity index (χ1n) is 11.3. The van der Waals surface area contributed by atoms with Crippen molar-refractivity contribution in [2.45, 2.75) is 26.9 Å². The van der Waals surface area contributed by atoms with E-state index in [9.17, 15) is 14.0 Å². The molecule has 0 aliphatic carbocycles. The van der Waals surface area contributed by atoms with Crippen molar-refractivity contribution in [3.8, 4) is 5.75 Å². The minimum Gasteiger partial charge on any atom is -0.494 e. The summed E-state index contributed by atoms with van der Waals surface area (Å²) in [4.78, 5) is 30.5. The highest BCUT2D eigenvalue weighted by atomic mass is 32.1. The van der Waals surface area contributed by atoms with Gasteiger partial charge in [0.1, 0.15) is 18.1 Å². The molecule has 8 heteroatoms. The summed E-state index contributed by atoms with van der Waals surface area (Å²) in [5.74, 6) is 0.165. The van der Waals surface area contributed by atoms with E-state index in [0.29, 0.717) is 31.1 Å². The second-order valence-electron chi connectivity index (χ2n) is 7.96. The number of hydrogen-bond acceptors (Lipinski definition) is 4. The van der Waals surface area contributed by atoms with Crippen LogP contribution in [-0.4, -0.2) is 41.4 Å². The average molecular weight is 496 g/mol. The van der Waals surface area contributed by atoms with Gasteiger partial charge < -0.3 is 19.9 Å². The van der Waals surface area contributed by atoms with E-state index < -0.39 is 6.03 Å². The van der Waals surface area contributed by atoms with Crippen LogP contribution in [0.15, 0.2) is 72.6 Å². The first kappa shape index (κ1) is 26.0. The summed E-state index contributed by atoms with van der Waals surface area (Å²) in [7, 11) is 0. The van der Waals surface area contributed by atoms with E-state index in [-0.39, 0.29) is 24.8 Å². The van der Waals surface area contributed by atoms with Crippen molar-refractivity contribution < 1.29 is 18.7 Å². The molecular formula is C27H30FN3O3S. The van der Waals surface area contributed by atoms with Gasteiger partial charge in [-0.3, -0.25) is 4.79 Å². The van der Waals surface area contributed by atoms with Crippen molar-refractivity contribution >= 4 is 29.0 Å². The van der Waals surface area contributed by atoms with Crippen molar-refractivity contribution in [2.75, 3.05) is 25.0 Å². The number of benzene rings is 2. The molecule has 0 aliphatic heterocycles. The van der Waals surface area contributed by atoms with E-state index in [4.69, 9.17) is 4.74 Å². The molecular weight excluding hydrogens is 465 g/mol. The molecule has 1 N–H and O–H groups in total. The van der Waals surface area contributed by atoms with E-state index in [1.165, 1.54) is 17.0 Å². The van der Waals surface area contributed by atoms with Crippen LogP contribution in [-0.2, 0) is 17.9 Å². The van der Waals surface area contributed by atoms with Gasteiger partial charge in [0.05, 0.1) is 13.2 Å². The Kier molecular flexibility index (Phi) is 9.43. The molecule has 0 fully saturated rings. The van der Waals surface area contributed by atoms with Gasteiger partial charge in [0.15, 0.2) is 0 Å². The summed E-state index contributed by atoms with van der Waals surface area (Å²) < 4.78 is 18.8. The van der Waals surface area contributed by atoms with Crippen LogP contribution in [0, 0.1) is 12.7 Å². The van der Waals surface area contributed by atoms with Crippen LogP contribution in [0.5, 0.6) is 5.75 Å². The molecule has 1 aromatic heterocycles. The number of anilines is 1. The highest BCUT2D eigenvalue weighted by molar-refractivity contribution is 7.10. The molecule has 0 bridgehead atoms. The number of nitrogens with one attached hydrogen (secondary N) is 1. The lowest BCUT2D eigenvalue weighted by atomic mass is 10.2. The van der Waals surface area contributed by atoms with Crippen LogP contribution in [0.4, 0.5) is 14.9 Å². The Bertz CT molecular complexity index is 1130.